The van der Waals surface area contributed by atoms with Crippen molar-refractivity contribution in [3.05, 3.63) is 24.3 Å². The molecular weight excluding hydrogens is 378 g/mol. The second-order valence-corrected chi connectivity index (χ2v) is 10.1. The van der Waals surface area contributed by atoms with E-state index in [0.717, 1.165) is 38.3 Å². The van der Waals surface area contributed by atoms with Crippen molar-refractivity contribution in [2.45, 2.75) is 38.8 Å². The van der Waals surface area contributed by atoms with Gasteiger partial charge in [0.25, 0.3) is 0 Å². The molecule has 2 heterocycles. The second-order valence-electron chi connectivity index (χ2n) is 7.87. The minimum absolute atomic E-state index is 0.0208. The van der Waals surface area contributed by atoms with Crippen molar-refractivity contribution in [1.82, 2.24) is 9.80 Å². The van der Waals surface area contributed by atoms with Crippen LogP contribution in [0.5, 0.6) is 5.75 Å². The number of carbonyl (C=O) groups is 1. The fourth-order valence-corrected chi connectivity index (χ4v) is 5.86. The van der Waals surface area contributed by atoms with Crippen LogP contribution in [-0.2, 0) is 14.6 Å². The van der Waals surface area contributed by atoms with E-state index in [2.05, 4.69) is 9.80 Å². The van der Waals surface area contributed by atoms with E-state index in [1.807, 2.05) is 30.9 Å². The Kier molecular flexibility index (Phi) is 6.50. The predicted octanol–water partition coefficient (Wildman–Crippen LogP) is 1.33. The number of phenols is 1. The molecule has 2 fully saturated rings. The number of anilines is 1. The Morgan fingerprint density at radius 1 is 1.25 bits per heavy atom. The van der Waals surface area contributed by atoms with Gasteiger partial charge in [-0.15, -0.1) is 0 Å². The Hall–Kier alpha value is -1.80. The summed E-state index contributed by atoms with van der Waals surface area (Å²) < 4.78 is 23.8. The van der Waals surface area contributed by atoms with Crippen molar-refractivity contribution in [3.8, 4) is 5.75 Å². The van der Waals surface area contributed by atoms with Crippen molar-refractivity contribution in [2.24, 2.45) is 0 Å². The molecular formula is C20H31N3O4S. The fraction of sp³-hybridized carbons (Fsp3) is 0.650. The lowest BCUT2D eigenvalue weighted by Crippen LogP contribution is -2.53. The molecule has 0 radical (unpaired) electrons. The van der Waals surface area contributed by atoms with Gasteiger partial charge in [0.15, 0.2) is 9.84 Å². The number of carbonyl (C=O) groups excluding carboxylic acids is 1. The highest BCUT2D eigenvalue weighted by molar-refractivity contribution is 7.91. The first-order valence-electron chi connectivity index (χ1n) is 10.1. The minimum atomic E-state index is -3.03. The number of piperazine rings is 1. The van der Waals surface area contributed by atoms with Crippen LogP contribution in [0.2, 0.25) is 0 Å². The van der Waals surface area contributed by atoms with E-state index in [0.29, 0.717) is 13.0 Å². The van der Waals surface area contributed by atoms with Gasteiger partial charge >= 0.3 is 0 Å². The third-order valence-electron chi connectivity index (χ3n) is 5.91. The van der Waals surface area contributed by atoms with Crippen molar-refractivity contribution in [1.29, 1.82) is 0 Å². The maximum absolute atomic E-state index is 13.1. The Bertz CT molecular complexity index is 790. The van der Waals surface area contributed by atoms with Gasteiger partial charge < -0.3 is 14.9 Å². The summed E-state index contributed by atoms with van der Waals surface area (Å²) in [7, 11) is -3.03. The van der Waals surface area contributed by atoms with Crippen LogP contribution in [0.25, 0.3) is 0 Å². The molecule has 0 bridgehead atoms. The molecule has 2 saturated heterocycles. The fourth-order valence-electron chi connectivity index (χ4n) is 4.15. The van der Waals surface area contributed by atoms with E-state index >= 15 is 0 Å². The lowest BCUT2D eigenvalue weighted by atomic mass is 10.1. The molecule has 1 amide bonds. The maximum Gasteiger partial charge on any atom is 0.237 e. The highest BCUT2D eigenvalue weighted by atomic mass is 32.2. The van der Waals surface area contributed by atoms with Crippen LogP contribution in [0.3, 0.4) is 0 Å². The summed E-state index contributed by atoms with van der Waals surface area (Å²) in [5.74, 6) is 0.561. The highest BCUT2D eigenvalue weighted by Crippen LogP contribution is 2.27. The van der Waals surface area contributed by atoms with Gasteiger partial charge in [0, 0.05) is 38.3 Å². The smallest absolute Gasteiger partial charge is 0.237 e. The largest absolute Gasteiger partial charge is 0.506 e. The minimum Gasteiger partial charge on any atom is -0.506 e. The van der Waals surface area contributed by atoms with Gasteiger partial charge in [0.2, 0.25) is 5.91 Å². The third-order valence-corrected chi connectivity index (χ3v) is 7.66. The number of para-hydroxylation sites is 2. The number of hydrogen-bond acceptors (Lipinski definition) is 6. The van der Waals surface area contributed by atoms with Crippen LogP contribution >= 0.6 is 0 Å². The molecule has 0 saturated carbocycles. The number of sulfone groups is 1. The Morgan fingerprint density at radius 3 is 2.50 bits per heavy atom. The molecule has 7 nitrogen and oxygen atoms in total. The van der Waals surface area contributed by atoms with Crippen molar-refractivity contribution in [2.75, 3.05) is 49.1 Å². The number of nitrogens with zero attached hydrogens (tertiary/aromatic N) is 3. The molecule has 2 atom stereocenters. The first kappa shape index (κ1) is 20.9. The van der Waals surface area contributed by atoms with Crippen LogP contribution < -0.4 is 4.90 Å². The first-order valence-corrected chi connectivity index (χ1v) is 11.9. The Labute approximate surface area is 167 Å². The average Bonchev–Trinajstić information content (AvgIpc) is 3.02. The van der Waals surface area contributed by atoms with Crippen LogP contribution in [0.1, 0.15) is 26.7 Å². The van der Waals surface area contributed by atoms with Gasteiger partial charge in [0.1, 0.15) is 5.75 Å². The van der Waals surface area contributed by atoms with E-state index in [9.17, 15) is 18.3 Å². The van der Waals surface area contributed by atoms with Crippen LogP contribution in [0.4, 0.5) is 5.69 Å². The summed E-state index contributed by atoms with van der Waals surface area (Å²) in [6.45, 7) is 7.29. The Balaban J connectivity index is 1.59. The third kappa shape index (κ3) is 4.78. The van der Waals surface area contributed by atoms with Gasteiger partial charge in [-0.05, 0) is 31.9 Å². The van der Waals surface area contributed by atoms with E-state index in [-0.39, 0.29) is 35.2 Å². The lowest BCUT2D eigenvalue weighted by Gasteiger charge is -2.39. The quantitative estimate of drug-likeness (QED) is 0.763. The summed E-state index contributed by atoms with van der Waals surface area (Å²) >= 11 is 0. The topological polar surface area (TPSA) is 81.2 Å². The zero-order chi connectivity index (χ0) is 20.3. The number of hydrogen-bond donors (Lipinski definition) is 1. The molecule has 0 spiro atoms. The number of phenolic OH excluding ortho intramolecular Hbond substituents is 1. The zero-order valence-corrected chi connectivity index (χ0v) is 17.6. The molecule has 1 aromatic rings. The second kappa shape index (κ2) is 8.69. The van der Waals surface area contributed by atoms with Crippen LogP contribution in [-0.4, -0.2) is 85.5 Å². The first-order chi connectivity index (χ1) is 13.3. The normalized spacial score (nSPS) is 23.5. The van der Waals surface area contributed by atoms with E-state index in [1.54, 1.807) is 12.1 Å². The number of benzene rings is 1. The summed E-state index contributed by atoms with van der Waals surface area (Å²) in [6, 6.07) is 7.14. The molecule has 0 aliphatic carbocycles. The van der Waals surface area contributed by atoms with Crippen molar-refractivity contribution >= 4 is 21.4 Å². The SMILES string of the molecule is CC[C@H](C)N(C(=O)CN1CCN(c2ccccc2O)CC1)[C@H]1CCS(=O)(=O)C1. The molecule has 2 aliphatic heterocycles. The molecule has 1 aromatic carbocycles. The predicted molar refractivity (Wildman–Crippen MR) is 110 cm³/mol. The van der Waals surface area contributed by atoms with Crippen LogP contribution in [0.15, 0.2) is 24.3 Å². The molecule has 0 aromatic heterocycles. The van der Waals surface area contributed by atoms with E-state index < -0.39 is 9.84 Å². The summed E-state index contributed by atoms with van der Waals surface area (Å²) in [5, 5.41) is 10.0. The standard InChI is InChI=1S/C20H31N3O4S/c1-3-16(2)23(17-8-13-28(26,27)15-17)20(25)14-21-9-11-22(12-10-21)18-6-4-5-7-19(18)24/h4-7,16-17,24H,3,8-15H2,1-2H3/t16-,17-/m0/s1. The molecule has 0 unspecified atom stereocenters. The lowest BCUT2D eigenvalue weighted by molar-refractivity contribution is -0.136. The number of rotatable bonds is 6. The van der Waals surface area contributed by atoms with Gasteiger partial charge in [-0.25, -0.2) is 8.42 Å². The molecule has 28 heavy (non-hydrogen) atoms. The van der Waals surface area contributed by atoms with Gasteiger partial charge in [-0.3, -0.25) is 9.69 Å². The summed E-state index contributed by atoms with van der Waals surface area (Å²) in [5.41, 5.74) is 0.825. The number of amides is 1. The summed E-state index contributed by atoms with van der Waals surface area (Å²) in [6.07, 6.45) is 1.35. The molecule has 2 aliphatic rings. The monoisotopic (exact) mass is 409 g/mol. The Morgan fingerprint density at radius 2 is 1.93 bits per heavy atom. The molecule has 156 valence electrons. The molecule has 8 heteroatoms. The molecule has 3 rings (SSSR count). The van der Waals surface area contributed by atoms with Crippen molar-refractivity contribution < 1.29 is 18.3 Å². The van der Waals surface area contributed by atoms with Crippen LogP contribution in [0, 0.1) is 0 Å². The van der Waals surface area contributed by atoms with Gasteiger partial charge in [-0.2, -0.15) is 0 Å². The summed E-state index contributed by atoms with van der Waals surface area (Å²) in [4.78, 5) is 19.1. The average molecular weight is 410 g/mol. The van der Waals surface area contributed by atoms with Crippen molar-refractivity contribution in [3.63, 3.8) is 0 Å². The highest BCUT2D eigenvalue weighted by Gasteiger charge is 2.37. The molecule has 1 N–H and O–H groups in total. The van der Waals surface area contributed by atoms with E-state index in [4.69, 9.17) is 0 Å². The number of aromatic hydroxyl groups is 1. The van der Waals surface area contributed by atoms with Gasteiger partial charge in [0.05, 0.1) is 23.7 Å². The maximum atomic E-state index is 13.1. The van der Waals surface area contributed by atoms with E-state index in [1.165, 1.54) is 0 Å². The van der Waals surface area contributed by atoms with Gasteiger partial charge in [-0.1, -0.05) is 19.1 Å². The zero-order valence-electron chi connectivity index (χ0n) is 16.7.